The zero-order chi connectivity index (χ0) is 17.5. The molecule has 0 atom stereocenters. The van der Waals surface area contributed by atoms with E-state index in [1.807, 2.05) is 6.07 Å². The second-order valence-corrected chi connectivity index (χ2v) is 8.31. The first-order chi connectivity index (χ1) is 11.2. The second-order valence-electron chi connectivity index (χ2n) is 6.66. The summed E-state index contributed by atoms with van der Waals surface area (Å²) in [7, 11) is -3.91. The summed E-state index contributed by atoms with van der Waals surface area (Å²) >= 11 is 0. The molecule has 0 bridgehead atoms. The van der Waals surface area contributed by atoms with Crippen LogP contribution >= 0.6 is 0 Å². The molecule has 0 radical (unpaired) electrons. The van der Waals surface area contributed by atoms with Gasteiger partial charge in [0, 0.05) is 17.3 Å². The van der Waals surface area contributed by atoms with Crippen molar-refractivity contribution in [3.05, 3.63) is 47.0 Å². The first-order valence-electron chi connectivity index (χ1n) is 7.68. The number of sulfonamides is 1. The van der Waals surface area contributed by atoms with Gasteiger partial charge < -0.3 is 4.98 Å². The van der Waals surface area contributed by atoms with Crippen molar-refractivity contribution in [1.82, 2.24) is 4.98 Å². The summed E-state index contributed by atoms with van der Waals surface area (Å²) in [6, 6.07) is 5.45. The molecule has 0 fully saturated rings. The van der Waals surface area contributed by atoms with Crippen LogP contribution < -0.4 is 4.72 Å². The average Bonchev–Trinajstić information content (AvgIpc) is 2.95. The van der Waals surface area contributed by atoms with Crippen LogP contribution in [0.5, 0.6) is 0 Å². The Morgan fingerprint density at radius 1 is 1.38 bits per heavy atom. The number of hydrogen-bond acceptors (Lipinski definition) is 3. The molecule has 0 spiro atoms. The van der Waals surface area contributed by atoms with Crippen molar-refractivity contribution in [2.75, 3.05) is 4.72 Å². The fraction of sp³-hybridized carbons (Fsp3) is 0.353. The first-order valence-corrected chi connectivity index (χ1v) is 9.16. The Kier molecular flexibility index (Phi) is 3.88. The lowest BCUT2D eigenvalue weighted by atomic mass is 9.77. The molecule has 0 unspecified atom stereocenters. The van der Waals surface area contributed by atoms with Gasteiger partial charge in [0.05, 0.1) is 17.3 Å². The lowest BCUT2D eigenvalue weighted by molar-refractivity contribution is 0.420. The van der Waals surface area contributed by atoms with Gasteiger partial charge in [-0.3, -0.25) is 4.72 Å². The van der Waals surface area contributed by atoms with E-state index in [2.05, 4.69) is 23.6 Å². The Morgan fingerprint density at radius 2 is 2.12 bits per heavy atom. The predicted molar refractivity (Wildman–Crippen MR) is 88.7 cm³/mol. The number of nitrogens with one attached hydrogen (secondary N) is 2. The Labute approximate surface area is 140 Å². The number of benzene rings is 1. The number of halogens is 1. The summed E-state index contributed by atoms with van der Waals surface area (Å²) in [5.41, 5.74) is 1.55. The normalized spacial score (nSPS) is 16.2. The molecular formula is C17H18FN3O2S. The maximum Gasteiger partial charge on any atom is 0.263 e. The highest BCUT2D eigenvalue weighted by Gasteiger charge is 2.33. The maximum absolute atomic E-state index is 14.0. The summed E-state index contributed by atoms with van der Waals surface area (Å²) in [4.78, 5) is 3.25. The number of aromatic amines is 1. The van der Waals surface area contributed by atoms with Gasteiger partial charge in [-0.15, -0.1) is 0 Å². The number of fused-ring (bicyclic) bond motifs is 1. The third-order valence-electron chi connectivity index (χ3n) is 4.48. The molecule has 0 aliphatic heterocycles. The number of rotatable bonds is 3. The second kappa shape index (κ2) is 5.64. The van der Waals surface area contributed by atoms with E-state index in [1.165, 1.54) is 18.3 Å². The quantitative estimate of drug-likeness (QED) is 0.892. The van der Waals surface area contributed by atoms with Gasteiger partial charge in [-0.1, -0.05) is 13.8 Å². The summed E-state index contributed by atoms with van der Waals surface area (Å²) in [5.74, 6) is -0.776. The Hall–Kier alpha value is -2.33. The monoisotopic (exact) mass is 347 g/mol. The molecule has 2 N–H and O–H groups in total. The van der Waals surface area contributed by atoms with Crippen molar-refractivity contribution in [2.24, 2.45) is 0 Å². The van der Waals surface area contributed by atoms with Gasteiger partial charge in [0.15, 0.2) is 0 Å². The molecule has 3 rings (SSSR count). The molecule has 1 aromatic heterocycles. The predicted octanol–water partition coefficient (Wildman–Crippen LogP) is 3.44. The molecule has 24 heavy (non-hydrogen) atoms. The van der Waals surface area contributed by atoms with Crippen LogP contribution in [0.25, 0.3) is 0 Å². The van der Waals surface area contributed by atoms with Gasteiger partial charge in [-0.05, 0) is 43.0 Å². The van der Waals surface area contributed by atoms with Gasteiger partial charge in [0.1, 0.15) is 10.7 Å². The molecule has 7 heteroatoms. The number of nitrogens with zero attached hydrogens (tertiary/aromatic N) is 1. The SMILES string of the molecule is CC1(C)CCCc2c(S(=O)(=O)Nc3ccc(C#N)cc3F)c[nH]c21. The number of anilines is 1. The van der Waals surface area contributed by atoms with Gasteiger partial charge in [-0.25, -0.2) is 12.8 Å². The fourth-order valence-corrected chi connectivity index (χ4v) is 4.53. The third kappa shape index (κ3) is 2.78. The van der Waals surface area contributed by atoms with Crippen molar-refractivity contribution >= 4 is 15.7 Å². The van der Waals surface area contributed by atoms with Crippen LogP contribution in [0.4, 0.5) is 10.1 Å². The van der Waals surface area contributed by atoms with Crippen molar-refractivity contribution in [3.63, 3.8) is 0 Å². The van der Waals surface area contributed by atoms with Crippen LogP contribution in [-0.4, -0.2) is 13.4 Å². The molecule has 0 amide bonds. The number of H-pyrrole nitrogens is 1. The zero-order valence-electron chi connectivity index (χ0n) is 13.5. The lowest BCUT2D eigenvalue weighted by Crippen LogP contribution is -2.25. The summed E-state index contributed by atoms with van der Waals surface area (Å²) in [6.07, 6.45) is 4.04. The van der Waals surface area contributed by atoms with Gasteiger partial charge in [-0.2, -0.15) is 5.26 Å². The van der Waals surface area contributed by atoms with Gasteiger partial charge in [0.2, 0.25) is 0 Å². The molecule has 1 aromatic carbocycles. The van der Waals surface area contributed by atoms with Crippen LogP contribution in [0.3, 0.4) is 0 Å². The van der Waals surface area contributed by atoms with Crippen molar-refractivity contribution in [1.29, 1.82) is 5.26 Å². The van der Waals surface area contributed by atoms with Gasteiger partial charge in [0.25, 0.3) is 10.0 Å². The van der Waals surface area contributed by atoms with Crippen LogP contribution in [0.1, 0.15) is 43.5 Å². The largest absolute Gasteiger partial charge is 0.363 e. The highest BCUT2D eigenvalue weighted by molar-refractivity contribution is 7.92. The topological polar surface area (TPSA) is 85.8 Å². The summed E-state index contributed by atoms with van der Waals surface area (Å²) in [6.45, 7) is 4.15. The van der Waals surface area contributed by atoms with E-state index in [1.54, 1.807) is 0 Å². The minimum absolute atomic E-state index is 0.110. The zero-order valence-corrected chi connectivity index (χ0v) is 14.3. The summed E-state index contributed by atoms with van der Waals surface area (Å²) in [5, 5.41) is 8.76. The van der Waals surface area contributed by atoms with Crippen molar-refractivity contribution in [3.8, 4) is 6.07 Å². The molecule has 126 valence electrons. The van der Waals surface area contributed by atoms with E-state index in [0.29, 0.717) is 6.42 Å². The summed E-state index contributed by atoms with van der Waals surface area (Å²) < 4.78 is 41.7. The Balaban J connectivity index is 1.98. The molecular weight excluding hydrogens is 329 g/mol. The van der Waals surface area contributed by atoms with Crippen LogP contribution in [0.15, 0.2) is 29.3 Å². The molecule has 2 aromatic rings. The minimum atomic E-state index is -3.91. The number of nitriles is 1. The third-order valence-corrected chi connectivity index (χ3v) is 5.92. The lowest BCUT2D eigenvalue weighted by Gasteiger charge is -2.30. The molecule has 1 heterocycles. The molecule has 1 aliphatic rings. The minimum Gasteiger partial charge on any atom is -0.363 e. The molecule has 1 aliphatic carbocycles. The van der Waals surface area contributed by atoms with Crippen LogP contribution in [0.2, 0.25) is 0 Å². The standard InChI is InChI=1S/C17H18FN3O2S/c1-17(2)7-3-4-12-15(10-20-16(12)17)24(22,23)21-14-6-5-11(9-19)8-13(14)18/h5-6,8,10,20-21H,3-4,7H2,1-2H3. The molecule has 0 saturated heterocycles. The van der Waals surface area contributed by atoms with E-state index in [9.17, 15) is 12.8 Å². The highest BCUT2D eigenvalue weighted by atomic mass is 32.2. The van der Waals surface area contributed by atoms with E-state index < -0.39 is 15.8 Å². The number of hydrogen-bond donors (Lipinski definition) is 2. The average molecular weight is 347 g/mol. The van der Waals surface area contributed by atoms with E-state index in [4.69, 9.17) is 5.26 Å². The van der Waals surface area contributed by atoms with Crippen LogP contribution in [0, 0.1) is 17.1 Å². The Bertz CT molecular complexity index is 939. The smallest absolute Gasteiger partial charge is 0.263 e. The number of aromatic nitrogens is 1. The van der Waals surface area contributed by atoms with E-state index in [0.717, 1.165) is 30.2 Å². The van der Waals surface area contributed by atoms with E-state index in [-0.39, 0.29) is 21.6 Å². The van der Waals surface area contributed by atoms with Crippen LogP contribution in [-0.2, 0) is 21.9 Å². The first kappa shape index (κ1) is 16.5. The highest BCUT2D eigenvalue weighted by Crippen LogP contribution is 2.39. The van der Waals surface area contributed by atoms with E-state index >= 15 is 0 Å². The van der Waals surface area contributed by atoms with Crippen molar-refractivity contribution in [2.45, 2.75) is 43.4 Å². The fourth-order valence-electron chi connectivity index (χ4n) is 3.23. The van der Waals surface area contributed by atoms with Crippen molar-refractivity contribution < 1.29 is 12.8 Å². The Morgan fingerprint density at radius 3 is 2.79 bits per heavy atom. The molecule has 5 nitrogen and oxygen atoms in total. The molecule has 0 saturated carbocycles. The van der Waals surface area contributed by atoms with Gasteiger partial charge >= 0.3 is 0 Å². The maximum atomic E-state index is 14.0.